The van der Waals surface area contributed by atoms with Gasteiger partial charge in [-0.2, -0.15) is 8.42 Å². The molecular weight excluding hydrogens is 453 g/mol. The van der Waals surface area contributed by atoms with Gasteiger partial charge in [-0.15, -0.1) is 4.40 Å². The average molecular weight is 470 g/mol. The molecule has 7 nitrogen and oxygen atoms in total. The Labute approximate surface area is 182 Å². The van der Waals surface area contributed by atoms with E-state index in [1.54, 1.807) is 31.2 Å². The summed E-state index contributed by atoms with van der Waals surface area (Å²) in [5.41, 5.74) is 0.528. The molecule has 1 heterocycles. The third-order valence-electron chi connectivity index (χ3n) is 4.14. The average Bonchev–Trinajstić information content (AvgIpc) is 2.97. The highest BCUT2D eigenvalue weighted by molar-refractivity contribution is 8.16. The van der Waals surface area contributed by atoms with Gasteiger partial charge in [-0.1, -0.05) is 23.4 Å². The highest BCUT2D eigenvalue weighted by atomic mass is 35.5. The fourth-order valence-electron chi connectivity index (χ4n) is 2.68. The number of thioether (sulfide) groups is 1. The molecular formula is C19H17ClFN3O4S2. The zero-order valence-corrected chi connectivity index (χ0v) is 18.1. The number of anilines is 1. The lowest BCUT2D eigenvalue weighted by atomic mass is 10.2. The second-order valence-corrected chi connectivity index (χ2v) is 9.46. The summed E-state index contributed by atoms with van der Waals surface area (Å²) < 4.78 is 41.8. The first-order valence-corrected chi connectivity index (χ1v) is 11.5. The Kier molecular flexibility index (Phi) is 6.79. The van der Waals surface area contributed by atoms with Crippen LogP contribution >= 0.6 is 23.4 Å². The molecule has 0 radical (unpaired) electrons. The highest BCUT2D eigenvalue weighted by Crippen LogP contribution is 2.31. The number of halogens is 2. The quantitative estimate of drug-likeness (QED) is 0.698. The minimum atomic E-state index is -4.14. The summed E-state index contributed by atoms with van der Waals surface area (Å²) in [4.78, 5) is 26.0. The molecule has 158 valence electrons. The highest BCUT2D eigenvalue weighted by Gasteiger charge is 2.39. The SMILES string of the molecule is CCN1C(=O)C(CC(=O)Nc2ccc(Cl)cc2)S/C1=N/S(=O)(=O)c1ccc(F)cc1. The van der Waals surface area contributed by atoms with E-state index in [4.69, 9.17) is 11.6 Å². The van der Waals surface area contributed by atoms with Gasteiger partial charge in [0.05, 0.1) is 4.90 Å². The van der Waals surface area contributed by atoms with Crippen LogP contribution in [0, 0.1) is 5.82 Å². The number of rotatable bonds is 6. The first kappa shape index (κ1) is 22.3. The molecule has 2 amide bonds. The summed E-state index contributed by atoms with van der Waals surface area (Å²) in [6, 6.07) is 10.7. The zero-order chi connectivity index (χ0) is 21.9. The third kappa shape index (κ3) is 5.18. The summed E-state index contributed by atoms with van der Waals surface area (Å²) in [6.07, 6.45) is -0.155. The van der Waals surface area contributed by atoms with Crippen LogP contribution < -0.4 is 5.32 Å². The van der Waals surface area contributed by atoms with Crippen molar-refractivity contribution in [2.45, 2.75) is 23.5 Å². The number of carbonyl (C=O) groups excluding carboxylic acids is 2. The molecule has 1 aliphatic heterocycles. The van der Waals surface area contributed by atoms with E-state index in [0.717, 1.165) is 36.0 Å². The van der Waals surface area contributed by atoms with Crippen LogP contribution in [-0.2, 0) is 19.6 Å². The molecule has 1 N–H and O–H groups in total. The number of sulfonamides is 1. The second kappa shape index (κ2) is 9.15. The number of nitrogens with one attached hydrogen (secondary N) is 1. The van der Waals surface area contributed by atoms with Crippen LogP contribution in [0.5, 0.6) is 0 Å². The van der Waals surface area contributed by atoms with Crippen molar-refractivity contribution in [1.29, 1.82) is 0 Å². The van der Waals surface area contributed by atoms with Crippen LogP contribution in [0.1, 0.15) is 13.3 Å². The Bertz CT molecular complexity index is 1090. The summed E-state index contributed by atoms with van der Waals surface area (Å²) in [5, 5.41) is 2.37. The summed E-state index contributed by atoms with van der Waals surface area (Å²) in [7, 11) is -4.14. The van der Waals surface area contributed by atoms with Gasteiger partial charge in [0, 0.05) is 23.7 Å². The summed E-state index contributed by atoms with van der Waals surface area (Å²) in [6.45, 7) is 1.87. The van der Waals surface area contributed by atoms with Crippen LogP contribution in [0.15, 0.2) is 57.8 Å². The number of amides is 2. The van der Waals surface area contributed by atoms with E-state index < -0.39 is 32.9 Å². The lowest BCUT2D eigenvalue weighted by molar-refractivity contribution is -0.128. The molecule has 0 saturated carbocycles. The first-order valence-electron chi connectivity index (χ1n) is 8.83. The number of amidine groups is 1. The van der Waals surface area contributed by atoms with Gasteiger partial charge in [-0.25, -0.2) is 4.39 Å². The molecule has 11 heteroatoms. The monoisotopic (exact) mass is 469 g/mol. The van der Waals surface area contributed by atoms with Crippen molar-refractivity contribution >= 4 is 56.1 Å². The molecule has 0 bridgehead atoms. The van der Waals surface area contributed by atoms with Gasteiger partial charge in [0.2, 0.25) is 11.8 Å². The molecule has 1 atom stereocenters. The van der Waals surface area contributed by atoms with Crippen LogP contribution in [0.4, 0.5) is 10.1 Å². The molecule has 0 aromatic heterocycles. The number of hydrogen-bond donors (Lipinski definition) is 1. The smallest absolute Gasteiger partial charge is 0.284 e. The summed E-state index contributed by atoms with van der Waals surface area (Å²) >= 11 is 6.72. The molecule has 30 heavy (non-hydrogen) atoms. The third-order valence-corrected chi connectivity index (χ3v) is 6.97. The predicted octanol–water partition coefficient (Wildman–Crippen LogP) is 3.52. The molecule has 1 unspecified atom stereocenters. The molecule has 0 spiro atoms. The fourth-order valence-corrected chi connectivity index (χ4v) is 5.22. The van der Waals surface area contributed by atoms with Crippen LogP contribution in [0.3, 0.4) is 0 Å². The minimum Gasteiger partial charge on any atom is -0.326 e. The van der Waals surface area contributed by atoms with Crippen LogP contribution in [-0.4, -0.2) is 42.1 Å². The zero-order valence-electron chi connectivity index (χ0n) is 15.7. The van der Waals surface area contributed by atoms with E-state index in [1.807, 2.05) is 0 Å². The standard InChI is InChI=1S/C19H17ClFN3O4S2/c1-2-24-18(26)16(11-17(25)22-14-7-3-12(20)4-8-14)29-19(24)23-30(27,28)15-9-5-13(21)6-10-15/h3-10,16H,2,11H2,1H3,(H,22,25)/b23-19+. The van der Waals surface area contributed by atoms with Gasteiger partial charge < -0.3 is 5.32 Å². The van der Waals surface area contributed by atoms with Gasteiger partial charge in [-0.05, 0) is 55.5 Å². The van der Waals surface area contributed by atoms with Crippen molar-refractivity contribution in [3.05, 3.63) is 59.4 Å². The second-order valence-electron chi connectivity index (χ2n) is 6.25. The van der Waals surface area contributed by atoms with Crippen molar-refractivity contribution < 1.29 is 22.4 Å². The summed E-state index contributed by atoms with van der Waals surface area (Å²) in [5.74, 6) is -1.38. The lowest BCUT2D eigenvalue weighted by Crippen LogP contribution is -2.33. The van der Waals surface area contributed by atoms with E-state index in [1.165, 1.54) is 4.90 Å². The van der Waals surface area contributed by atoms with Gasteiger partial charge in [0.25, 0.3) is 10.0 Å². The molecule has 2 aromatic carbocycles. The number of benzene rings is 2. The number of carbonyl (C=O) groups is 2. The molecule has 1 aliphatic rings. The van der Waals surface area contributed by atoms with E-state index >= 15 is 0 Å². The topological polar surface area (TPSA) is 95.9 Å². The van der Waals surface area contributed by atoms with Crippen molar-refractivity contribution in [2.75, 3.05) is 11.9 Å². The maximum Gasteiger partial charge on any atom is 0.284 e. The Morgan fingerprint density at radius 2 is 1.83 bits per heavy atom. The largest absolute Gasteiger partial charge is 0.326 e. The Morgan fingerprint density at radius 1 is 1.20 bits per heavy atom. The number of nitrogens with zero attached hydrogens (tertiary/aromatic N) is 2. The molecule has 0 aliphatic carbocycles. The lowest BCUT2D eigenvalue weighted by Gasteiger charge is -2.13. The maximum atomic E-state index is 13.1. The molecule has 3 rings (SSSR count). The van der Waals surface area contributed by atoms with Crippen LogP contribution in [0.2, 0.25) is 5.02 Å². The first-order chi connectivity index (χ1) is 14.2. The predicted molar refractivity (Wildman–Crippen MR) is 114 cm³/mol. The molecule has 2 aromatic rings. The Balaban J connectivity index is 1.75. The van der Waals surface area contributed by atoms with Crippen molar-refractivity contribution in [3.63, 3.8) is 0 Å². The number of hydrogen-bond acceptors (Lipinski definition) is 5. The van der Waals surface area contributed by atoms with Gasteiger partial charge in [0.1, 0.15) is 11.1 Å². The van der Waals surface area contributed by atoms with Crippen molar-refractivity contribution in [1.82, 2.24) is 4.90 Å². The van der Waals surface area contributed by atoms with Crippen molar-refractivity contribution in [3.8, 4) is 0 Å². The molecule has 1 fully saturated rings. The Morgan fingerprint density at radius 3 is 2.43 bits per heavy atom. The van der Waals surface area contributed by atoms with Gasteiger partial charge >= 0.3 is 0 Å². The fraction of sp³-hybridized carbons (Fsp3) is 0.211. The van der Waals surface area contributed by atoms with E-state index in [9.17, 15) is 22.4 Å². The molecule has 1 saturated heterocycles. The van der Waals surface area contributed by atoms with Crippen molar-refractivity contribution in [2.24, 2.45) is 4.40 Å². The Hall–Kier alpha value is -2.43. The maximum absolute atomic E-state index is 13.1. The van der Waals surface area contributed by atoms with E-state index in [-0.39, 0.29) is 23.0 Å². The minimum absolute atomic E-state index is 0.0175. The van der Waals surface area contributed by atoms with Crippen LogP contribution in [0.25, 0.3) is 0 Å². The van der Waals surface area contributed by atoms with Gasteiger partial charge in [0.15, 0.2) is 5.17 Å². The van der Waals surface area contributed by atoms with Gasteiger partial charge in [-0.3, -0.25) is 14.5 Å². The normalized spacial score (nSPS) is 18.1. The van der Waals surface area contributed by atoms with E-state index in [2.05, 4.69) is 9.71 Å². The van der Waals surface area contributed by atoms with E-state index in [0.29, 0.717) is 10.7 Å².